The number of fused-ring (bicyclic) bond motifs is 1. The van der Waals surface area contributed by atoms with Crippen molar-refractivity contribution >= 4 is 32.7 Å². The second-order valence-corrected chi connectivity index (χ2v) is 7.01. The van der Waals surface area contributed by atoms with Gasteiger partial charge in [0.1, 0.15) is 17.7 Å². The van der Waals surface area contributed by atoms with E-state index in [-0.39, 0.29) is 16.6 Å². The number of aromatic nitrogens is 3. The number of anilines is 1. The molecule has 3 aromatic rings. The summed E-state index contributed by atoms with van der Waals surface area (Å²) < 4.78 is 41.5. The smallest absolute Gasteiger partial charge is 0.363 e. The van der Waals surface area contributed by atoms with Gasteiger partial charge in [-0.3, -0.25) is 4.79 Å². The lowest BCUT2D eigenvalue weighted by molar-refractivity contribution is -0.138. The number of nitrogens with one attached hydrogen (secondary N) is 1. The molecular weight excluding hydrogens is 425 g/mol. The Balaban J connectivity index is 2.06. The summed E-state index contributed by atoms with van der Waals surface area (Å²) in [5.74, 6) is 0.378. The van der Waals surface area contributed by atoms with Gasteiger partial charge in [-0.05, 0) is 53.0 Å². The predicted octanol–water partition coefficient (Wildman–Crippen LogP) is 4.59. The van der Waals surface area contributed by atoms with E-state index in [0.29, 0.717) is 21.4 Å². The fourth-order valence-electron chi connectivity index (χ4n) is 3.00. The molecule has 142 valence electrons. The molecule has 3 rings (SSSR count). The van der Waals surface area contributed by atoms with Gasteiger partial charge in [-0.1, -0.05) is 12.1 Å². The third-order valence-electron chi connectivity index (χ3n) is 4.48. The van der Waals surface area contributed by atoms with Crippen LogP contribution in [0, 0.1) is 6.92 Å². The van der Waals surface area contributed by atoms with Crippen LogP contribution in [0.3, 0.4) is 0 Å². The quantitative estimate of drug-likeness (QED) is 0.605. The van der Waals surface area contributed by atoms with E-state index < -0.39 is 17.8 Å². The predicted molar refractivity (Wildman–Crippen MR) is 101 cm³/mol. The molecule has 0 spiro atoms. The van der Waals surface area contributed by atoms with Crippen molar-refractivity contribution in [2.75, 3.05) is 5.32 Å². The Kier molecular flexibility index (Phi) is 4.98. The Hall–Kier alpha value is -2.42. The number of nitrogens with zero attached hydrogens (tertiary/aromatic N) is 3. The molecule has 0 aliphatic carbocycles. The molecule has 27 heavy (non-hydrogen) atoms. The van der Waals surface area contributed by atoms with Crippen LogP contribution in [-0.2, 0) is 13.2 Å². The van der Waals surface area contributed by atoms with Crippen LogP contribution in [0.2, 0.25) is 0 Å². The second-order valence-electron chi connectivity index (χ2n) is 6.20. The monoisotopic (exact) mass is 440 g/mol. The van der Waals surface area contributed by atoms with Gasteiger partial charge in [0.05, 0.1) is 21.6 Å². The van der Waals surface area contributed by atoms with Crippen molar-refractivity contribution < 1.29 is 13.2 Å². The molecule has 0 unspecified atom stereocenters. The highest BCUT2D eigenvalue weighted by molar-refractivity contribution is 9.10. The number of benzene rings is 1. The molecule has 2 aromatic heterocycles. The van der Waals surface area contributed by atoms with Crippen LogP contribution >= 0.6 is 15.9 Å². The zero-order valence-electron chi connectivity index (χ0n) is 14.7. The maximum atomic E-state index is 13.2. The van der Waals surface area contributed by atoms with E-state index in [1.54, 1.807) is 26.1 Å². The van der Waals surface area contributed by atoms with E-state index in [0.717, 1.165) is 6.07 Å². The minimum Gasteiger partial charge on any atom is -0.363 e. The highest BCUT2D eigenvalue weighted by Crippen LogP contribution is 2.35. The average Bonchev–Trinajstić information content (AvgIpc) is 2.59. The van der Waals surface area contributed by atoms with Crippen LogP contribution in [0.4, 0.5) is 19.0 Å². The largest absolute Gasteiger partial charge is 0.416 e. The highest BCUT2D eigenvalue weighted by atomic mass is 79.9. The first kappa shape index (κ1) is 19.3. The molecular formula is C18H16BrF3N4O. The SMILES string of the molecule is Cc1c([C@@H](C)Nc2ncnc3c(=O)n(C)c(Br)cc23)cccc1C(F)(F)F. The Morgan fingerprint density at radius 1 is 1.26 bits per heavy atom. The summed E-state index contributed by atoms with van der Waals surface area (Å²) >= 11 is 3.31. The van der Waals surface area contributed by atoms with Crippen LogP contribution in [0.25, 0.3) is 10.9 Å². The summed E-state index contributed by atoms with van der Waals surface area (Å²) in [5, 5.41) is 3.60. The van der Waals surface area contributed by atoms with E-state index in [2.05, 4.69) is 31.2 Å². The van der Waals surface area contributed by atoms with Crippen molar-refractivity contribution in [3.05, 3.63) is 62.2 Å². The lowest BCUT2D eigenvalue weighted by atomic mass is 9.97. The normalized spacial score (nSPS) is 13.0. The molecule has 0 fully saturated rings. The van der Waals surface area contributed by atoms with Crippen molar-refractivity contribution in [3.8, 4) is 0 Å². The van der Waals surface area contributed by atoms with E-state index in [4.69, 9.17) is 0 Å². The van der Waals surface area contributed by atoms with Crippen molar-refractivity contribution in [1.82, 2.24) is 14.5 Å². The molecule has 1 atom stereocenters. The summed E-state index contributed by atoms with van der Waals surface area (Å²) in [5.41, 5.74) is -0.0864. The molecule has 1 aromatic carbocycles. The number of hydrogen-bond acceptors (Lipinski definition) is 4. The summed E-state index contributed by atoms with van der Waals surface area (Å²) in [6.07, 6.45) is -3.16. The lowest BCUT2D eigenvalue weighted by Gasteiger charge is -2.21. The number of alkyl halides is 3. The fraction of sp³-hybridized carbons (Fsp3) is 0.278. The maximum absolute atomic E-state index is 13.2. The van der Waals surface area contributed by atoms with E-state index in [1.807, 2.05) is 0 Å². The van der Waals surface area contributed by atoms with Crippen molar-refractivity contribution in [1.29, 1.82) is 0 Å². The van der Waals surface area contributed by atoms with Gasteiger partial charge in [0.15, 0.2) is 0 Å². The van der Waals surface area contributed by atoms with Gasteiger partial charge in [0.2, 0.25) is 0 Å². The van der Waals surface area contributed by atoms with Crippen molar-refractivity contribution in [3.63, 3.8) is 0 Å². The molecule has 1 N–H and O–H groups in total. The first-order valence-electron chi connectivity index (χ1n) is 8.04. The van der Waals surface area contributed by atoms with Gasteiger partial charge in [-0.15, -0.1) is 0 Å². The Bertz CT molecular complexity index is 1080. The summed E-state index contributed by atoms with van der Waals surface area (Å²) in [4.78, 5) is 20.6. The third kappa shape index (κ3) is 3.55. The third-order valence-corrected chi connectivity index (χ3v) is 5.24. The standard InChI is InChI=1S/C18H16BrF3N4O/c1-9-11(5-4-6-13(9)18(20,21)22)10(2)25-16-12-7-14(19)26(3)17(27)15(12)23-8-24-16/h4-8,10H,1-3H3,(H,23,24,25)/t10-/m1/s1. The number of pyridine rings is 1. The van der Waals surface area contributed by atoms with Crippen molar-refractivity contribution in [2.45, 2.75) is 26.1 Å². The molecule has 2 heterocycles. The van der Waals surface area contributed by atoms with Crippen LogP contribution < -0.4 is 10.9 Å². The number of hydrogen-bond donors (Lipinski definition) is 1. The molecule has 0 aliphatic heterocycles. The molecule has 9 heteroatoms. The topological polar surface area (TPSA) is 59.8 Å². The van der Waals surface area contributed by atoms with Gasteiger partial charge in [0.25, 0.3) is 5.56 Å². The minimum absolute atomic E-state index is 0.153. The molecule has 0 radical (unpaired) electrons. The molecule has 0 amide bonds. The molecule has 0 saturated heterocycles. The highest BCUT2D eigenvalue weighted by Gasteiger charge is 2.33. The van der Waals surface area contributed by atoms with E-state index in [1.165, 1.54) is 23.9 Å². The van der Waals surface area contributed by atoms with Gasteiger partial charge >= 0.3 is 6.18 Å². The molecule has 5 nitrogen and oxygen atoms in total. The number of halogens is 4. The first-order valence-corrected chi connectivity index (χ1v) is 8.84. The minimum atomic E-state index is -4.42. The van der Waals surface area contributed by atoms with E-state index in [9.17, 15) is 18.0 Å². The lowest BCUT2D eigenvalue weighted by Crippen LogP contribution is -2.20. The van der Waals surface area contributed by atoms with Gasteiger partial charge in [-0.2, -0.15) is 13.2 Å². The zero-order chi connectivity index (χ0) is 19.9. The average molecular weight is 441 g/mol. The van der Waals surface area contributed by atoms with Gasteiger partial charge < -0.3 is 9.88 Å². The summed E-state index contributed by atoms with van der Waals surface area (Å²) in [6, 6.07) is 5.32. The van der Waals surface area contributed by atoms with Gasteiger partial charge in [-0.25, -0.2) is 9.97 Å². The van der Waals surface area contributed by atoms with Crippen LogP contribution in [0.5, 0.6) is 0 Å². The summed E-state index contributed by atoms with van der Waals surface area (Å²) in [7, 11) is 1.61. The maximum Gasteiger partial charge on any atom is 0.416 e. The van der Waals surface area contributed by atoms with Gasteiger partial charge in [0, 0.05) is 7.05 Å². The van der Waals surface area contributed by atoms with E-state index >= 15 is 0 Å². The van der Waals surface area contributed by atoms with Crippen molar-refractivity contribution in [2.24, 2.45) is 7.05 Å². The zero-order valence-corrected chi connectivity index (χ0v) is 16.3. The van der Waals surface area contributed by atoms with Crippen LogP contribution in [0.1, 0.15) is 29.7 Å². The van der Waals surface area contributed by atoms with Crippen LogP contribution in [-0.4, -0.2) is 14.5 Å². The molecule has 0 bridgehead atoms. The van der Waals surface area contributed by atoms with Crippen LogP contribution in [0.15, 0.2) is 40.0 Å². The fourth-order valence-corrected chi connectivity index (χ4v) is 3.39. The Morgan fingerprint density at radius 2 is 1.96 bits per heavy atom. The Labute approximate surface area is 161 Å². The first-order chi connectivity index (χ1) is 12.6. The second kappa shape index (κ2) is 6.95. The molecule has 0 aliphatic rings. The molecule has 0 saturated carbocycles. The number of rotatable bonds is 3. The Morgan fingerprint density at radius 3 is 2.63 bits per heavy atom. The summed E-state index contributed by atoms with van der Waals surface area (Å²) in [6.45, 7) is 3.19.